The van der Waals surface area contributed by atoms with E-state index in [9.17, 15) is 4.79 Å². The minimum Gasteiger partial charge on any atom is -0.300 e. The molecule has 0 fully saturated rings. The van der Waals surface area contributed by atoms with Gasteiger partial charge in [-0.3, -0.25) is 0 Å². The molecule has 0 aliphatic rings. The number of carbonyl (C=O) groups excluding carboxylic acids is 1. The fourth-order valence-electron chi connectivity index (χ4n) is 1.88. The molecule has 0 aromatic heterocycles. The fraction of sp³-hybridized carbons (Fsp3) is 0.462. The van der Waals surface area contributed by atoms with Crippen LogP contribution in [0.4, 0.5) is 0 Å². The standard InChI is InChI=1S/C13H14Cl4O/c1-3-8(5-4-7(2)18)11-12(16)9(14)6-10(15)13(11)17/h6,8H,3-5H2,1-2H3. The largest absolute Gasteiger partial charge is 0.300 e. The van der Waals surface area contributed by atoms with Crippen molar-refractivity contribution in [3.8, 4) is 0 Å². The van der Waals surface area contributed by atoms with E-state index in [0.29, 0.717) is 32.9 Å². The van der Waals surface area contributed by atoms with Crippen molar-refractivity contribution in [1.29, 1.82) is 0 Å². The number of ketones is 1. The van der Waals surface area contributed by atoms with Gasteiger partial charge in [-0.15, -0.1) is 0 Å². The lowest BCUT2D eigenvalue weighted by atomic mass is 9.91. The molecular weight excluding hydrogens is 314 g/mol. The lowest BCUT2D eigenvalue weighted by molar-refractivity contribution is -0.117. The Hall–Kier alpha value is 0.0500. The maximum absolute atomic E-state index is 11.1. The zero-order valence-electron chi connectivity index (χ0n) is 10.2. The third-order valence-corrected chi connectivity index (χ3v) is 4.50. The van der Waals surface area contributed by atoms with E-state index in [4.69, 9.17) is 46.4 Å². The molecule has 18 heavy (non-hydrogen) atoms. The van der Waals surface area contributed by atoms with Crippen LogP contribution in [-0.4, -0.2) is 5.78 Å². The first kappa shape index (κ1) is 16.1. The molecule has 0 spiro atoms. The molecule has 1 aromatic rings. The summed E-state index contributed by atoms with van der Waals surface area (Å²) in [6.07, 6.45) is 2.01. The van der Waals surface area contributed by atoms with Crippen LogP contribution >= 0.6 is 46.4 Å². The van der Waals surface area contributed by atoms with Gasteiger partial charge in [-0.25, -0.2) is 0 Å². The summed E-state index contributed by atoms with van der Waals surface area (Å²) >= 11 is 24.4. The van der Waals surface area contributed by atoms with E-state index in [2.05, 4.69) is 0 Å². The lowest BCUT2D eigenvalue weighted by Crippen LogP contribution is -2.03. The molecule has 0 aliphatic heterocycles. The Bertz CT molecular complexity index is 431. The predicted octanol–water partition coefficient (Wildman–Crippen LogP) is 6.16. The summed E-state index contributed by atoms with van der Waals surface area (Å²) in [5, 5.41) is 1.65. The van der Waals surface area contributed by atoms with Crippen LogP contribution < -0.4 is 0 Å². The molecule has 1 atom stereocenters. The zero-order chi connectivity index (χ0) is 13.9. The van der Waals surface area contributed by atoms with E-state index in [1.165, 1.54) is 6.07 Å². The molecule has 0 radical (unpaired) electrons. The Balaban J connectivity index is 3.16. The van der Waals surface area contributed by atoms with E-state index < -0.39 is 0 Å². The molecule has 0 heterocycles. The van der Waals surface area contributed by atoms with Crippen molar-refractivity contribution >= 4 is 52.2 Å². The third kappa shape index (κ3) is 3.77. The zero-order valence-corrected chi connectivity index (χ0v) is 13.2. The predicted molar refractivity (Wildman–Crippen MR) is 79.4 cm³/mol. The second-order valence-corrected chi connectivity index (χ2v) is 5.80. The van der Waals surface area contributed by atoms with Crippen molar-refractivity contribution in [2.45, 2.75) is 39.0 Å². The second kappa shape index (κ2) is 7.00. The summed E-state index contributed by atoms with van der Waals surface area (Å²) in [6, 6.07) is 1.54. The first-order chi connectivity index (χ1) is 8.38. The minimum atomic E-state index is 0.0881. The van der Waals surface area contributed by atoms with E-state index >= 15 is 0 Å². The Kier molecular flexibility index (Phi) is 6.26. The van der Waals surface area contributed by atoms with Gasteiger partial charge in [0.25, 0.3) is 0 Å². The van der Waals surface area contributed by atoms with Gasteiger partial charge in [-0.05, 0) is 37.3 Å². The van der Waals surface area contributed by atoms with Crippen molar-refractivity contribution in [2.75, 3.05) is 0 Å². The number of rotatable bonds is 5. The van der Waals surface area contributed by atoms with E-state index in [-0.39, 0.29) is 11.7 Å². The molecule has 1 unspecified atom stereocenters. The number of halogens is 4. The number of Topliss-reactive ketones (excluding diaryl/α,β-unsaturated/α-hetero) is 1. The molecule has 0 aliphatic carbocycles. The first-order valence-corrected chi connectivity index (χ1v) is 7.22. The topological polar surface area (TPSA) is 17.1 Å². The quantitative estimate of drug-likeness (QED) is 0.591. The smallest absolute Gasteiger partial charge is 0.129 e. The van der Waals surface area contributed by atoms with Crippen LogP contribution in [0.3, 0.4) is 0 Å². The Morgan fingerprint density at radius 2 is 1.67 bits per heavy atom. The van der Waals surface area contributed by atoms with Gasteiger partial charge in [0.2, 0.25) is 0 Å². The normalized spacial score (nSPS) is 12.6. The van der Waals surface area contributed by atoms with Gasteiger partial charge < -0.3 is 4.79 Å². The summed E-state index contributed by atoms with van der Waals surface area (Å²) in [4.78, 5) is 11.1. The molecular formula is C13H14Cl4O. The summed E-state index contributed by atoms with van der Waals surface area (Å²) in [6.45, 7) is 3.59. The van der Waals surface area contributed by atoms with E-state index in [1.54, 1.807) is 6.92 Å². The molecule has 0 bridgehead atoms. The number of benzene rings is 1. The van der Waals surface area contributed by atoms with Gasteiger partial charge in [-0.1, -0.05) is 53.3 Å². The van der Waals surface area contributed by atoms with E-state index in [1.807, 2.05) is 6.92 Å². The summed E-state index contributed by atoms with van der Waals surface area (Å²) < 4.78 is 0. The van der Waals surface area contributed by atoms with Gasteiger partial charge in [0, 0.05) is 6.42 Å². The summed E-state index contributed by atoms with van der Waals surface area (Å²) in [7, 11) is 0. The van der Waals surface area contributed by atoms with Gasteiger partial charge in [0.15, 0.2) is 0 Å². The lowest BCUT2D eigenvalue weighted by Gasteiger charge is -2.19. The molecule has 0 amide bonds. The van der Waals surface area contributed by atoms with Crippen molar-refractivity contribution in [3.05, 3.63) is 31.7 Å². The average molecular weight is 328 g/mol. The molecule has 0 saturated heterocycles. The van der Waals surface area contributed by atoms with Crippen LogP contribution in [0.5, 0.6) is 0 Å². The molecule has 100 valence electrons. The average Bonchev–Trinajstić information content (AvgIpc) is 2.30. The van der Waals surface area contributed by atoms with Crippen LogP contribution in [0.1, 0.15) is 44.6 Å². The SMILES string of the molecule is CCC(CCC(C)=O)c1c(Cl)c(Cl)cc(Cl)c1Cl. The van der Waals surface area contributed by atoms with Crippen molar-refractivity contribution in [2.24, 2.45) is 0 Å². The summed E-state index contributed by atoms with van der Waals surface area (Å²) in [5.74, 6) is 0.235. The number of hydrogen-bond acceptors (Lipinski definition) is 1. The van der Waals surface area contributed by atoms with Crippen LogP contribution in [0.25, 0.3) is 0 Å². The van der Waals surface area contributed by atoms with Gasteiger partial charge in [-0.2, -0.15) is 0 Å². The monoisotopic (exact) mass is 326 g/mol. The van der Waals surface area contributed by atoms with Crippen LogP contribution in [-0.2, 0) is 4.79 Å². The van der Waals surface area contributed by atoms with Gasteiger partial charge in [0.05, 0.1) is 20.1 Å². The van der Waals surface area contributed by atoms with E-state index in [0.717, 1.165) is 12.0 Å². The molecule has 0 N–H and O–H groups in total. The Morgan fingerprint density at radius 3 is 2.06 bits per heavy atom. The Morgan fingerprint density at radius 1 is 1.17 bits per heavy atom. The fourth-order valence-corrected chi connectivity index (χ4v) is 3.01. The number of carbonyl (C=O) groups is 1. The number of hydrogen-bond donors (Lipinski definition) is 0. The highest BCUT2D eigenvalue weighted by atomic mass is 35.5. The maximum atomic E-state index is 11.1. The van der Waals surface area contributed by atoms with Crippen molar-refractivity contribution in [3.63, 3.8) is 0 Å². The second-order valence-electron chi connectivity index (χ2n) is 4.23. The van der Waals surface area contributed by atoms with Crippen LogP contribution in [0.2, 0.25) is 20.1 Å². The molecule has 5 heteroatoms. The van der Waals surface area contributed by atoms with Crippen LogP contribution in [0, 0.1) is 0 Å². The molecule has 1 nitrogen and oxygen atoms in total. The summed E-state index contributed by atoms with van der Waals surface area (Å²) in [5.41, 5.74) is 0.750. The first-order valence-electron chi connectivity index (χ1n) is 5.70. The van der Waals surface area contributed by atoms with Gasteiger partial charge in [0.1, 0.15) is 5.78 Å². The maximum Gasteiger partial charge on any atom is 0.129 e. The molecule has 1 rings (SSSR count). The molecule has 1 aromatic carbocycles. The minimum absolute atomic E-state index is 0.0881. The Labute approximate surface area is 127 Å². The molecule has 0 saturated carbocycles. The highest BCUT2D eigenvalue weighted by Crippen LogP contribution is 2.43. The highest BCUT2D eigenvalue weighted by Gasteiger charge is 2.21. The van der Waals surface area contributed by atoms with Crippen molar-refractivity contribution in [1.82, 2.24) is 0 Å². The van der Waals surface area contributed by atoms with Gasteiger partial charge >= 0.3 is 0 Å². The van der Waals surface area contributed by atoms with Crippen molar-refractivity contribution < 1.29 is 4.79 Å². The van der Waals surface area contributed by atoms with Crippen LogP contribution in [0.15, 0.2) is 6.07 Å². The highest BCUT2D eigenvalue weighted by molar-refractivity contribution is 6.48. The third-order valence-electron chi connectivity index (χ3n) is 2.89.